The van der Waals surface area contributed by atoms with Crippen molar-refractivity contribution in [1.82, 2.24) is 0 Å². The maximum absolute atomic E-state index is 5.46. The average Bonchev–Trinajstić information content (AvgIpc) is 2.63. The Morgan fingerprint density at radius 3 is 2.83 bits per heavy atom. The van der Waals surface area contributed by atoms with Gasteiger partial charge in [0.15, 0.2) is 0 Å². The van der Waals surface area contributed by atoms with Crippen molar-refractivity contribution in [2.45, 2.75) is 13.3 Å². The molecule has 2 rings (SSSR count). The van der Waals surface area contributed by atoms with Gasteiger partial charge in [-0.1, -0.05) is 6.07 Å². The van der Waals surface area contributed by atoms with E-state index in [2.05, 4.69) is 17.5 Å². The second-order valence-corrected chi connectivity index (χ2v) is 3.80. The predicted molar refractivity (Wildman–Crippen MR) is 50.6 cm³/mol. The van der Waals surface area contributed by atoms with Gasteiger partial charge in [-0.15, -0.1) is 11.3 Å². The summed E-state index contributed by atoms with van der Waals surface area (Å²) >= 11 is 1.77. The minimum absolute atomic E-state index is 0.922. The van der Waals surface area contributed by atoms with E-state index in [1.54, 1.807) is 11.3 Å². The van der Waals surface area contributed by atoms with E-state index in [0.29, 0.717) is 0 Å². The maximum Gasteiger partial charge on any atom is 0.109 e. The Hall–Kier alpha value is -1.02. The second-order valence-electron chi connectivity index (χ2n) is 2.77. The quantitative estimate of drug-likeness (QED) is 0.688. The average molecular weight is 178 g/mol. The van der Waals surface area contributed by atoms with Crippen LogP contribution in [0.2, 0.25) is 0 Å². The molecule has 0 N–H and O–H groups in total. The lowest BCUT2D eigenvalue weighted by atomic mass is 10.3. The fraction of sp³-hybridized carbons (Fsp3) is 0.200. The molecule has 2 aromatic heterocycles. The van der Waals surface area contributed by atoms with Gasteiger partial charge in [0, 0.05) is 11.3 Å². The van der Waals surface area contributed by atoms with Crippen molar-refractivity contribution in [2.75, 3.05) is 0 Å². The number of aryl methyl sites for hydroxylation is 1. The summed E-state index contributed by atoms with van der Waals surface area (Å²) in [5.41, 5.74) is 0. The summed E-state index contributed by atoms with van der Waals surface area (Å²) in [5, 5.41) is 2.09. The summed E-state index contributed by atoms with van der Waals surface area (Å²) in [7, 11) is 0. The molecule has 0 aliphatic carbocycles. The third-order valence-corrected chi connectivity index (χ3v) is 2.60. The van der Waals surface area contributed by atoms with Crippen LogP contribution in [-0.4, -0.2) is 0 Å². The van der Waals surface area contributed by atoms with Crippen LogP contribution in [0.25, 0.3) is 0 Å². The van der Waals surface area contributed by atoms with Gasteiger partial charge in [-0.3, -0.25) is 0 Å². The number of hydrogen-bond donors (Lipinski definition) is 0. The van der Waals surface area contributed by atoms with Gasteiger partial charge in [-0.2, -0.15) is 0 Å². The largest absolute Gasteiger partial charge is 0.466 e. The molecule has 0 saturated carbocycles. The van der Waals surface area contributed by atoms with Gasteiger partial charge < -0.3 is 4.42 Å². The Morgan fingerprint density at radius 2 is 2.25 bits per heavy atom. The number of rotatable bonds is 2. The van der Waals surface area contributed by atoms with Crippen LogP contribution in [0.15, 0.2) is 34.1 Å². The molecule has 0 radical (unpaired) electrons. The van der Waals surface area contributed by atoms with Crippen molar-refractivity contribution in [1.29, 1.82) is 0 Å². The summed E-state index contributed by atoms with van der Waals surface area (Å²) in [5.74, 6) is 2.04. The van der Waals surface area contributed by atoms with Gasteiger partial charge in [-0.25, -0.2) is 0 Å². The smallest absolute Gasteiger partial charge is 0.109 e. The molecule has 0 amide bonds. The standard InChI is InChI=1S/C10H10OS/c1-8-4-5-9(11-8)7-10-3-2-6-12-10/h2-6H,7H2,1H3. The first-order valence-electron chi connectivity index (χ1n) is 3.92. The van der Waals surface area contributed by atoms with Crippen molar-refractivity contribution in [3.05, 3.63) is 46.0 Å². The first-order valence-corrected chi connectivity index (χ1v) is 4.80. The van der Waals surface area contributed by atoms with Gasteiger partial charge >= 0.3 is 0 Å². The minimum atomic E-state index is 0.922. The van der Waals surface area contributed by atoms with Crippen LogP contribution in [0, 0.1) is 6.92 Å². The van der Waals surface area contributed by atoms with Gasteiger partial charge in [0.2, 0.25) is 0 Å². The molecule has 2 heterocycles. The van der Waals surface area contributed by atoms with E-state index < -0.39 is 0 Å². The highest BCUT2D eigenvalue weighted by Crippen LogP contribution is 2.16. The van der Waals surface area contributed by atoms with Gasteiger partial charge in [0.1, 0.15) is 11.5 Å². The lowest BCUT2D eigenvalue weighted by Gasteiger charge is -1.91. The fourth-order valence-corrected chi connectivity index (χ4v) is 1.88. The van der Waals surface area contributed by atoms with E-state index in [1.165, 1.54) is 4.88 Å². The van der Waals surface area contributed by atoms with Crippen molar-refractivity contribution < 1.29 is 4.42 Å². The first kappa shape index (κ1) is 7.62. The Morgan fingerprint density at radius 1 is 1.33 bits per heavy atom. The van der Waals surface area contributed by atoms with Gasteiger partial charge in [0.25, 0.3) is 0 Å². The fourth-order valence-electron chi connectivity index (χ4n) is 1.17. The van der Waals surface area contributed by atoms with Crippen LogP contribution in [-0.2, 0) is 6.42 Å². The van der Waals surface area contributed by atoms with E-state index in [9.17, 15) is 0 Å². The molecule has 0 aliphatic heterocycles. The highest BCUT2D eigenvalue weighted by Gasteiger charge is 2.00. The summed E-state index contributed by atoms with van der Waals surface area (Å²) in [6.45, 7) is 1.97. The lowest BCUT2D eigenvalue weighted by molar-refractivity contribution is 0.494. The number of furan rings is 1. The molecule has 2 heteroatoms. The van der Waals surface area contributed by atoms with E-state index in [4.69, 9.17) is 4.42 Å². The molecule has 0 spiro atoms. The third-order valence-electron chi connectivity index (χ3n) is 1.72. The van der Waals surface area contributed by atoms with Gasteiger partial charge in [0.05, 0.1) is 0 Å². The maximum atomic E-state index is 5.46. The van der Waals surface area contributed by atoms with E-state index in [1.807, 2.05) is 19.1 Å². The molecule has 2 aromatic rings. The van der Waals surface area contributed by atoms with E-state index >= 15 is 0 Å². The summed E-state index contributed by atoms with van der Waals surface area (Å²) in [4.78, 5) is 1.35. The zero-order valence-electron chi connectivity index (χ0n) is 6.91. The molecule has 0 aliphatic rings. The molecule has 0 atom stereocenters. The predicted octanol–water partition coefficient (Wildman–Crippen LogP) is 3.24. The molecule has 1 nitrogen and oxygen atoms in total. The second kappa shape index (κ2) is 3.15. The molecule has 0 fully saturated rings. The minimum Gasteiger partial charge on any atom is -0.466 e. The van der Waals surface area contributed by atoms with Crippen molar-refractivity contribution >= 4 is 11.3 Å². The SMILES string of the molecule is Cc1ccc(Cc2cccs2)o1. The van der Waals surface area contributed by atoms with Crippen LogP contribution >= 0.6 is 11.3 Å². The summed E-state index contributed by atoms with van der Waals surface area (Å²) < 4.78 is 5.46. The Kier molecular flexibility index (Phi) is 2.00. The van der Waals surface area contributed by atoms with Crippen LogP contribution < -0.4 is 0 Å². The molecular weight excluding hydrogens is 168 g/mol. The summed E-state index contributed by atoms with van der Waals surface area (Å²) in [6, 6.07) is 8.23. The normalized spacial score (nSPS) is 10.4. The Labute approximate surface area is 75.7 Å². The van der Waals surface area contributed by atoms with Crippen molar-refractivity contribution in [3.63, 3.8) is 0 Å². The molecule has 0 aromatic carbocycles. The van der Waals surface area contributed by atoms with Crippen LogP contribution in [0.4, 0.5) is 0 Å². The zero-order chi connectivity index (χ0) is 8.39. The topological polar surface area (TPSA) is 13.1 Å². The monoisotopic (exact) mass is 178 g/mol. The Bertz CT molecular complexity index is 346. The zero-order valence-corrected chi connectivity index (χ0v) is 7.73. The molecular formula is C10H10OS. The molecule has 12 heavy (non-hydrogen) atoms. The molecule has 62 valence electrons. The Balaban J connectivity index is 2.14. The van der Waals surface area contributed by atoms with E-state index in [-0.39, 0.29) is 0 Å². The lowest BCUT2D eigenvalue weighted by Crippen LogP contribution is -1.78. The first-order chi connectivity index (χ1) is 5.84. The number of hydrogen-bond acceptors (Lipinski definition) is 2. The van der Waals surface area contributed by atoms with Crippen LogP contribution in [0.1, 0.15) is 16.4 Å². The molecule has 0 bridgehead atoms. The molecule has 0 unspecified atom stereocenters. The van der Waals surface area contributed by atoms with E-state index in [0.717, 1.165) is 17.9 Å². The van der Waals surface area contributed by atoms with Crippen LogP contribution in [0.5, 0.6) is 0 Å². The number of thiophene rings is 1. The highest BCUT2D eigenvalue weighted by molar-refractivity contribution is 7.09. The van der Waals surface area contributed by atoms with Gasteiger partial charge in [-0.05, 0) is 30.5 Å². The van der Waals surface area contributed by atoms with Crippen molar-refractivity contribution in [3.8, 4) is 0 Å². The third kappa shape index (κ3) is 1.59. The highest BCUT2D eigenvalue weighted by atomic mass is 32.1. The molecule has 0 saturated heterocycles. The summed E-state index contributed by atoms with van der Waals surface area (Å²) in [6.07, 6.45) is 0.922. The van der Waals surface area contributed by atoms with Crippen LogP contribution in [0.3, 0.4) is 0 Å². The van der Waals surface area contributed by atoms with Crippen molar-refractivity contribution in [2.24, 2.45) is 0 Å².